The van der Waals surface area contributed by atoms with E-state index in [1.165, 1.54) is 19.3 Å². The van der Waals surface area contributed by atoms with Crippen molar-refractivity contribution in [2.75, 3.05) is 29.9 Å². The summed E-state index contributed by atoms with van der Waals surface area (Å²) in [5.74, 6) is 0.788. The van der Waals surface area contributed by atoms with E-state index < -0.39 is 12.0 Å². The molecule has 1 saturated heterocycles. The fourth-order valence-corrected chi connectivity index (χ4v) is 3.42. The number of halogens is 3. The highest BCUT2D eigenvalue weighted by Gasteiger charge is 2.39. The molecule has 116 valence electrons. The molecular weight excluding hydrogens is 281 g/mol. The monoisotopic (exact) mass is 300 g/mol. The summed E-state index contributed by atoms with van der Waals surface area (Å²) < 4.78 is 38.8. The Morgan fingerprint density at radius 3 is 2.48 bits per heavy atom. The Morgan fingerprint density at radius 1 is 1.24 bits per heavy atom. The number of aromatic nitrogens is 2. The first-order valence-electron chi connectivity index (χ1n) is 7.42. The molecule has 7 heteroatoms. The molecule has 0 radical (unpaired) electrons. The second-order valence-corrected chi connectivity index (χ2v) is 5.82. The van der Waals surface area contributed by atoms with Crippen LogP contribution in [0, 0.1) is 11.8 Å². The van der Waals surface area contributed by atoms with E-state index in [4.69, 9.17) is 0 Å². The van der Waals surface area contributed by atoms with Gasteiger partial charge in [-0.15, -0.1) is 0 Å². The van der Waals surface area contributed by atoms with Gasteiger partial charge in [-0.2, -0.15) is 13.2 Å². The molecule has 2 fully saturated rings. The minimum absolute atomic E-state index is 0.242. The van der Waals surface area contributed by atoms with Gasteiger partial charge in [-0.1, -0.05) is 6.42 Å². The summed E-state index contributed by atoms with van der Waals surface area (Å²) in [5, 5.41) is 2.86. The first-order valence-corrected chi connectivity index (χ1v) is 7.42. The number of nitrogens with zero attached hydrogens (tertiary/aromatic N) is 3. The molecule has 0 amide bonds. The lowest BCUT2D eigenvalue weighted by molar-refractivity contribution is -0.144. The van der Waals surface area contributed by atoms with Crippen LogP contribution in [0.2, 0.25) is 0 Å². The smallest absolute Gasteiger partial charge is 0.370 e. The SMILES string of the molecule is CCNc1cc(N2CC3CCCC3C2)nc(C(F)(F)F)n1. The third-order valence-electron chi connectivity index (χ3n) is 4.37. The molecule has 1 aromatic heterocycles. The van der Waals surface area contributed by atoms with Crippen LogP contribution in [0.4, 0.5) is 24.8 Å². The molecule has 4 nitrogen and oxygen atoms in total. The Kier molecular flexibility index (Phi) is 3.67. The number of rotatable bonds is 3. The summed E-state index contributed by atoms with van der Waals surface area (Å²) in [6, 6.07) is 1.62. The van der Waals surface area contributed by atoms with Gasteiger partial charge in [0, 0.05) is 25.7 Å². The van der Waals surface area contributed by atoms with E-state index in [9.17, 15) is 13.2 Å². The number of fused-ring (bicyclic) bond motifs is 1. The minimum atomic E-state index is -4.52. The van der Waals surface area contributed by atoms with Gasteiger partial charge in [-0.05, 0) is 31.6 Å². The summed E-state index contributed by atoms with van der Waals surface area (Å²) in [6.07, 6.45) is -0.921. The average Bonchev–Trinajstić information content (AvgIpc) is 2.98. The molecule has 1 aromatic rings. The molecule has 2 aliphatic rings. The van der Waals surface area contributed by atoms with E-state index in [1.54, 1.807) is 6.07 Å². The van der Waals surface area contributed by atoms with Crippen LogP contribution in [-0.2, 0) is 6.18 Å². The van der Waals surface area contributed by atoms with Crippen molar-refractivity contribution in [3.05, 3.63) is 11.9 Å². The van der Waals surface area contributed by atoms with Crippen molar-refractivity contribution < 1.29 is 13.2 Å². The van der Waals surface area contributed by atoms with Gasteiger partial charge in [0.1, 0.15) is 11.6 Å². The second kappa shape index (κ2) is 5.35. The van der Waals surface area contributed by atoms with Crippen molar-refractivity contribution >= 4 is 11.6 Å². The highest BCUT2D eigenvalue weighted by atomic mass is 19.4. The lowest BCUT2D eigenvalue weighted by Gasteiger charge is -2.20. The maximum atomic E-state index is 12.9. The first-order chi connectivity index (χ1) is 9.97. The Bertz CT molecular complexity index is 505. The molecular formula is C14H19F3N4. The summed E-state index contributed by atoms with van der Waals surface area (Å²) in [5.41, 5.74) is 0. The molecule has 1 aliphatic carbocycles. The van der Waals surface area contributed by atoms with Crippen molar-refractivity contribution in [3.63, 3.8) is 0 Å². The zero-order valence-electron chi connectivity index (χ0n) is 12.0. The Morgan fingerprint density at radius 2 is 1.90 bits per heavy atom. The van der Waals surface area contributed by atoms with Crippen LogP contribution < -0.4 is 10.2 Å². The minimum Gasteiger partial charge on any atom is -0.370 e. The largest absolute Gasteiger partial charge is 0.451 e. The molecule has 0 aromatic carbocycles. The van der Waals surface area contributed by atoms with Crippen LogP contribution in [0.25, 0.3) is 0 Å². The van der Waals surface area contributed by atoms with Gasteiger partial charge in [0.25, 0.3) is 0 Å². The van der Waals surface area contributed by atoms with Gasteiger partial charge >= 0.3 is 6.18 Å². The predicted molar refractivity (Wildman–Crippen MR) is 74.2 cm³/mol. The zero-order chi connectivity index (χ0) is 15.0. The average molecular weight is 300 g/mol. The molecule has 0 spiro atoms. The topological polar surface area (TPSA) is 41.0 Å². The Balaban J connectivity index is 1.88. The highest BCUT2D eigenvalue weighted by Crippen LogP contribution is 2.40. The number of anilines is 2. The highest BCUT2D eigenvalue weighted by molar-refractivity contribution is 5.50. The van der Waals surface area contributed by atoms with Crippen molar-refractivity contribution in [1.29, 1.82) is 0 Å². The van der Waals surface area contributed by atoms with Gasteiger partial charge in [0.05, 0.1) is 0 Å². The lowest BCUT2D eigenvalue weighted by atomic mass is 10.0. The summed E-state index contributed by atoms with van der Waals surface area (Å²) in [7, 11) is 0. The van der Waals surface area contributed by atoms with Crippen LogP contribution >= 0.6 is 0 Å². The van der Waals surface area contributed by atoms with Crippen molar-refractivity contribution in [1.82, 2.24) is 9.97 Å². The van der Waals surface area contributed by atoms with Crippen LogP contribution in [0.5, 0.6) is 0 Å². The van der Waals surface area contributed by atoms with E-state index >= 15 is 0 Å². The van der Waals surface area contributed by atoms with Gasteiger partial charge < -0.3 is 10.2 Å². The van der Waals surface area contributed by atoms with Crippen molar-refractivity contribution in [3.8, 4) is 0 Å². The number of alkyl halides is 3. The van der Waals surface area contributed by atoms with Gasteiger partial charge in [0.2, 0.25) is 5.82 Å². The second-order valence-electron chi connectivity index (χ2n) is 5.82. The van der Waals surface area contributed by atoms with Crippen LogP contribution in [0.1, 0.15) is 32.0 Å². The lowest BCUT2D eigenvalue weighted by Crippen LogP contribution is -2.24. The molecule has 1 saturated carbocycles. The van der Waals surface area contributed by atoms with Gasteiger partial charge in [0.15, 0.2) is 0 Å². The third kappa shape index (κ3) is 2.91. The van der Waals surface area contributed by atoms with Crippen LogP contribution in [0.15, 0.2) is 6.07 Å². The molecule has 2 atom stereocenters. The standard InChI is InChI=1S/C14H19F3N4/c1-2-18-11-6-12(20-13(19-11)14(15,16)17)21-7-9-4-3-5-10(9)8-21/h6,9-10H,2-5,7-8H2,1H3,(H,18,19,20). The summed E-state index contributed by atoms with van der Waals surface area (Å²) in [6.45, 7) is 3.98. The molecule has 2 heterocycles. The van der Waals surface area contributed by atoms with E-state index in [0.717, 1.165) is 13.1 Å². The first kappa shape index (κ1) is 14.4. The zero-order valence-corrected chi connectivity index (χ0v) is 12.0. The number of hydrogen-bond donors (Lipinski definition) is 1. The van der Waals surface area contributed by atoms with Crippen molar-refractivity contribution in [2.45, 2.75) is 32.4 Å². The molecule has 0 bridgehead atoms. The fourth-order valence-electron chi connectivity index (χ4n) is 3.42. The quantitative estimate of drug-likeness (QED) is 0.931. The van der Waals surface area contributed by atoms with E-state index in [0.29, 0.717) is 24.2 Å². The molecule has 21 heavy (non-hydrogen) atoms. The van der Waals surface area contributed by atoms with Gasteiger partial charge in [-0.25, -0.2) is 9.97 Å². The van der Waals surface area contributed by atoms with Crippen LogP contribution in [-0.4, -0.2) is 29.6 Å². The molecule has 3 rings (SSSR count). The summed E-state index contributed by atoms with van der Waals surface area (Å²) >= 11 is 0. The molecule has 1 aliphatic heterocycles. The predicted octanol–water partition coefficient (Wildman–Crippen LogP) is 3.16. The molecule has 1 N–H and O–H groups in total. The summed E-state index contributed by atoms with van der Waals surface area (Å²) in [4.78, 5) is 9.29. The number of nitrogens with one attached hydrogen (secondary N) is 1. The number of hydrogen-bond acceptors (Lipinski definition) is 4. The Hall–Kier alpha value is -1.53. The third-order valence-corrected chi connectivity index (χ3v) is 4.37. The van der Waals surface area contributed by atoms with E-state index in [1.807, 2.05) is 11.8 Å². The fraction of sp³-hybridized carbons (Fsp3) is 0.714. The van der Waals surface area contributed by atoms with E-state index in [-0.39, 0.29) is 5.82 Å². The molecule has 2 unspecified atom stereocenters. The van der Waals surface area contributed by atoms with Gasteiger partial charge in [-0.3, -0.25) is 0 Å². The van der Waals surface area contributed by atoms with E-state index in [2.05, 4.69) is 15.3 Å². The normalized spacial score (nSPS) is 25.2. The van der Waals surface area contributed by atoms with Crippen LogP contribution in [0.3, 0.4) is 0 Å². The van der Waals surface area contributed by atoms with Crippen molar-refractivity contribution in [2.24, 2.45) is 11.8 Å². The maximum Gasteiger partial charge on any atom is 0.451 e. The Labute approximate surface area is 121 Å². The maximum absolute atomic E-state index is 12.9.